The highest BCUT2D eigenvalue weighted by Gasteiger charge is 2.05. The fraction of sp³-hybridized carbons (Fsp3) is 0.400. The molecule has 0 spiro atoms. The van der Waals surface area contributed by atoms with E-state index in [1.165, 1.54) is 0 Å². The van der Waals surface area contributed by atoms with Crippen LogP contribution < -0.4 is 0 Å². The quantitative estimate of drug-likeness (QED) is 0.479. The van der Waals surface area contributed by atoms with Crippen molar-refractivity contribution >= 4 is 34.1 Å². The van der Waals surface area contributed by atoms with E-state index in [-0.39, 0.29) is 6.61 Å². The smallest absolute Gasteiger partial charge is 0.293 e. The Morgan fingerprint density at radius 3 is 2.94 bits per heavy atom. The van der Waals surface area contributed by atoms with Gasteiger partial charge in [-0.15, -0.1) is 0 Å². The average Bonchev–Trinajstić information content (AvgIpc) is 2.29. The van der Waals surface area contributed by atoms with E-state index in [1.807, 2.05) is 25.9 Å². The van der Waals surface area contributed by atoms with Crippen LogP contribution in [0.25, 0.3) is 0 Å². The van der Waals surface area contributed by atoms with Crippen molar-refractivity contribution in [3.63, 3.8) is 0 Å². The fourth-order valence-corrected chi connectivity index (χ4v) is 1.18. The summed E-state index contributed by atoms with van der Waals surface area (Å²) in [6.07, 6.45) is 1.58. The van der Waals surface area contributed by atoms with Gasteiger partial charge in [-0.1, -0.05) is 0 Å². The van der Waals surface area contributed by atoms with Gasteiger partial charge in [0.05, 0.1) is 4.47 Å². The van der Waals surface area contributed by atoms with Crippen LogP contribution in [0.15, 0.2) is 15.7 Å². The number of hydrogen-bond donors (Lipinski definition) is 0. The summed E-state index contributed by atoms with van der Waals surface area (Å²) in [7, 11) is 3.79. The minimum absolute atomic E-state index is 0.0420. The van der Waals surface area contributed by atoms with Gasteiger partial charge in [0, 0.05) is 20.3 Å². The first-order valence-corrected chi connectivity index (χ1v) is 5.63. The van der Waals surface area contributed by atoms with Gasteiger partial charge in [-0.3, -0.25) is 4.79 Å². The van der Waals surface area contributed by atoms with Gasteiger partial charge in [0.1, 0.15) is 5.84 Å². The van der Waals surface area contributed by atoms with Crippen molar-refractivity contribution in [2.75, 3.05) is 14.1 Å². The van der Waals surface area contributed by atoms with Gasteiger partial charge in [-0.05, 0) is 22.9 Å². The monoisotopic (exact) mass is 300 g/mol. The number of nitrogens with zero attached hydrogens (tertiary/aromatic N) is 4. The average molecular weight is 301 g/mol. The summed E-state index contributed by atoms with van der Waals surface area (Å²) in [4.78, 5) is 24.5. The Balaban J connectivity index is 2.98. The summed E-state index contributed by atoms with van der Waals surface area (Å²) in [6, 6.07) is 0. The molecule has 17 heavy (non-hydrogen) atoms. The van der Waals surface area contributed by atoms with Gasteiger partial charge in [0.15, 0.2) is 18.2 Å². The standard InChI is InChI=1S/C10H13BrN4O2/c1-7(15(2)3)13-10-8(11)4-12-9(14-10)5-17-6-16/h4,6H,5H2,1-3H3. The molecule has 92 valence electrons. The number of halogens is 1. The van der Waals surface area contributed by atoms with Crippen molar-refractivity contribution in [1.82, 2.24) is 14.9 Å². The lowest BCUT2D eigenvalue weighted by atomic mass is 10.5. The first kappa shape index (κ1) is 13.6. The Hall–Kier alpha value is -1.50. The molecule has 0 N–H and O–H groups in total. The molecule has 1 aromatic heterocycles. The van der Waals surface area contributed by atoms with E-state index < -0.39 is 0 Å². The van der Waals surface area contributed by atoms with Gasteiger partial charge in [0.2, 0.25) is 0 Å². The second-order valence-electron chi connectivity index (χ2n) is 3.42. The van der Waals surface area contributed by atoms with E-state index in [0.29, 0.717) is 22.6 Å². The summed E-state index contributed by atoms with van der Waals surface area (Å²) >= 11 is 3.32. The molecule has 0 fully saturated rings. The number of carbonyl (C=O) groups excluding carboxylic acids is 1. The first-order valence-electron chi connectivity index (χ1n) is 4.84. The Labute approximate surface area is 108 Å². The number of rotatable bonds is 4. The maximum atomic E-state index is 10.1. The van der Waals surface area contributed by atoms with Crippen molar-refractivity contribution in [1.29, 1.82) is 0 Å². The molecule has 0 bridgehead atoms. The van der Waals surface area contributed by atoms with E-state index in [1.54, 1.807) is 6.20 Å². The Kier molecular flexibility index (Phi) is 5.02. The molecule has 0 radical (unpaired) electrons. The predicted octanol–water partition coefficient (Wildman–Crippen LogP) is 1.52. The topological polar surface area (TPSA) is 67.7 Å². The molecule has 1 rings (SSSR count). The summed E-state index contributed by atoms with van der Waals surface area (Å²) in [6.45, 7) is 2.27. The van der Waals surface area contributed by atoms with Gasteiger partial charge in [-0.25, -0.2) is 15.0 Å². The molecule has 1 aromatic rings. The molecule has 0 saturated heterocycles. The van der Waals surface area contributed by atoms with Crippen LogP contribution in [0, 0.1) is 0 Å². The molecule has 0 saturated carbocycles. The lowest BCUT2D eigenvalue weighted by Crippen LogP contribution is -2.18. The number of amidine groups is 1. The van der Waals surface area contributed by atoms with Gasteiger partial charge in [0.25, 0.3) is 6.47 Å². The van der Waals surface area contributed by atoms with Crippen LogP contribution in [-0.2, 0) is 16.1 Å². The molecule has 0 amide bonds. The van der Waals surface area contributed by atoms with Crippen LogP contribution in [-0.4, -0.2) is 41.3 Å². The maximum Gasteiger partial charge on any atom is 0.293 e. The number of aromatic nitrogens is 2. The zero-order valence-electron chi connectivity index (χ0n) is 9.85. The lowest BCUT2D eigenvalue weighted by molar-refractivity contribution is -0.130. The Morgan fingerprint density at radius 1 is 1.65 bits per heavy atom. The predicted molar refractivity (Wildman–Crippen MR) is 67.0 cm³/mol. The molecule has 7 heteroatoms. The Morgan fingerprint density at radius 2 is 2.35 bits per heavy atom. The Bertz CT molecular complexity index is 434. The number of hydrogen-bond acceptors (Lipinski definition) is 5. The maximum absolute atomic E-state index is 10.1. The van der Waals surface area contributed by atoms with Crippen LogP contribution in [0.1, 0.15) is 12.7 Å². The fourth-order valence-electron chi connectivity index (χ4n) is 0.903. The van der Waals surface area contributed by atoms with Crippen LogP contribution >= 0.6 is 15.9 Å². The van der Waals surface area contributed by atoms with Crippen molar-refractivity contribution < 1.29 is 9.53 Å². The van der Waals surface area contributed by atoms with E-state index in [0.717, 1.165) is 5.84 Å². The zero-order chi connectivity index (χ0) is 12.8. The van der Waals surface area contributed by atoms with Crippen molar-refractivity contribution in [2.45, 2.75) is 13.5 Å². The van der Waals surface area contributed by atoms with Crippen LogP contribution in [0.2, 0.25) is 0 Å². The number of carbonyl (C=O) groups is 1. The van der Waals surface area contributed by atoms with Crippen molar-refractivity contribution in [3.05, 3.63) is 16.5 Å². The molecule has 0 aliphatic carbocycles. The molecule has 0 aliphatic heterocycles. The molecule has 6 nitrogen and oxygen atoms in total. The van der Waals surface area contributed by atoms with Gasteiger partial charge >= 0.3 is 0 Å². The summed E-state index contributed by atoms with van der Waals surface area (Å²) in [5.74, 6) is 1.73. The first-order chi connectivity index (χ1) is 8.04. The largest absolute Gasteiger partial charge is 0.460 e. The van der Waals surface area contributed by atoms with E-state index in [4.69, 9.17) is 0 Å². The van der Waals surface area contributed by atoms with Gasteiger partial charge < -0.3 is 9.64 Å². The molecule has 1 heterocycles. The van der Waals surface area contributed by atoms with Crippen molar-refractivity contribution in [3.8, 4) is 0 Å². The van der Waals surface area contributed by atoms with E-state index in [9.17, 15) is 4.79 Å². The van der Waals surface area contributed by atoms with Crippen LogP contribution in [0.4, 0.5) is 5.82 Å². The number of ether oxygens (including phenoxy) is 1. The minimum Gasteiger partial charge on any atom is -0.460 e. The molecule has 0 aromatic carbocycles. The van der Waals surface area contributed by atoms with Gasteiger partial charge in [-0.2, -0.15) is 0 Å². The second-order valence-corrected chi connectivity index (χ2v) is 4.27. The van der Waals surface area contributed by atoms with E-state index >= 15 is 0 Å². The second kappa shape index (κ2) is 6.29. The molecule has 0 atom stereocenters. The normalized spacial score (nSPS) is 11.2. The zero-order valence-corrected chi connectivity index (χ0v) is 11.4. The summed E-state index contributed by atoms with van der Waals surface area (Å²) in [5, 5.41) is 0. The third-order valence-electron chi connectivity index (χ3n) is 1.97. The molecular weight excluding hydrogens is 288 g/mol. The van der Waals surface area contributed by atoms with E-state index in [2.05, 4.69) is 35.6 Å². The number of aliphatic imine (C=N–C) groups is 1. The summed E-state index contributed by atoms with van der Waals surface area (Å²) < 4.78 is 5.28. The highest BCUT2D eigenvalue weighted by molar-refractivity contribution is 9.10. The van der Waals surface area contributed by atoms with Crippen LogP contribution in [0.5, 0.6) is 0 Å². The van der Waals surface area contributed by atoms with Crippen LogP contribution in [0.3, 0.4) is 0 Å². The highest BCUT2D eigenvalue weighted by atomic mass is 79.9. The van der Waals surface area contributed by atoms with Crippen molar-refractivity contribution in [2.24, 2.45) is 4.99 Å². The molecule has 0 aliphatic rings. The minimum atomic E-state index is 0.0420. The third-order valence-corrected chi connectivity index (χ3v) is 2.53. The SMILES string of the molecule is CC(=Nc1nc(COC=O)ncc1Br)N(C)C. The highest BCUT2D eigenvalue weighted by Crippen LogP contribution is 2.22. The third kappa shape index (κ3) is 4.10. The summed E-state index contributed by atoms with van der Waals surface area (Å²) in [5.41, 5.74) is 0. The molecular formula is C10H13BrN4O2. The molecule has 0 unspecified atom stereocenters. The lowest BCUT2D eigenvalue weighted by Gasteiger charge is -2.11.